The summed E-state index contributed by atoms with van der Waals surface area (Å²) in [6, 6.07) is 0.266. The van der Waals surface area contributed by atoms with Gasteiger partial charge in [0.2, 0.25) is 5.91 Å². The van der Waals surface area contributed by atoms with Crippen LogP contribution in [0.15, 0.2) is 0 Å². The van der Waals surface area contributed by atoms with Gasteiger partial charge < -0.3 is 19.7 Å². The predicted octanol–water partition coefficient (Wildman–Crippen LogP) is 12.3. The summed E-state index contributed by atoms with van der Waals surface area (Å²) in [5, 5.41) is 3.37. The number of esters is 2. The zero-order valence-electron chi connectivity index (χ0n) is 37.6. The van der Waals surface area contributed by atoms with Crippen LogP contribution in [-0.4, -0.2) is 62.1 Å². The van der Waals surface area contributed by atoms with Crippen LogP contribution in [0, 0.1) is 35.5 Å². The van der Waals surface area contributed by atoms with E-state index in [-0.39, 0.29) is 23.9 Å². The molecule has 0 aromatic carbocycles. The molecule has 1 N–H and O–H groups in total. The highest BCUT2D eigenvalue weighted by molar-refractivity contribution is 5.76. The molecule has 54 heavy (non-hydrogen) atoms. The SMILES string of the molecule is CCN(C)CCC(=O)NC(CCCCCCCCCC(=O)OCC(CCC(C)C)C(C)C)CCCCCCCCCC(=O)OCC(CCC(C)C)C(C)C. The van der Waals surface area contributed by atoms with Crippen molar-refractivity contribution in [1.29, 1.82) is 0 Å². The topological polar surface area (TPSA) is 84.9 Å². The summed E-state index contributed by atoms with van der Waals surface area (Å²) in [5.41, 5.74) is 0. The van der Waals surface area contributed by atoms with Crippen LogP contribution in [0.4, 0.5) is 0 Å². The predicted molar refractivity (Wildman–Crippen MR) is 230 cm³/mol. The third kappa shape index (κ3) is 32.6. The van der Waals surface area contributed by atoms with Gasteiger partial charge in [-0.1, -0.05) is 152 Å². The van der Waals surface area contributed by atoms with Crippen LogP contribution >= 0.6 is 0 Å². The van der Waals surface area contributed by atoms with E-state index in [9.17, 15) is 14.4 Å². The fourth-order valence-electron chi connectivity index (χ4n) is 6.98. The van der Waals surface area contributed by atoms with Crippen molar-refractivity contribution in [1.82, 2.24) is 10.2 Å². The summed E-state index contributed by atoms with van der Waals surface area (Å²) < 4.78 is 11.3. The van der Waals surface area contributed by atoms with Gasteiger partial charge in [0.05, 0.1) is 13.2 Å². The Balaban J connectivity index is 4.24. The van der Waals surface area contributed by atoms with Crippen LogP contribution in [0.5, 0.6) is 0 Å². The van der Waals surface area contributed by atoms with Gasteiger partial charge in [-0.25, -0.2) is 0 Å². The van der Waals surface area contributed by atoms with Gasteiger partial charge in [0.1, 0.15) is 0 Å². The molecule has 0 saturated heterocycles. The van der Waals surface area contributed by atoms with E-state index in [1.807, 2.05) is 0 Å². The molecular weight excluding hydrogens is 673 g/mol. The van der Waals surface area contributed by atoms with Crippen LogP contribution < -0.4 is 5.32 Å². The molecule has 0 radical (unpaired) electrons. The number of hydrogen-bond donors (Lipinski definition) is 1. The maximum Gasteiger partial charge on any atom is 0.305 e. The van der Waals surface area contributed by atoms with E-state index in [0.29, 0.717) is 68.0 Å². The Bertz CT molecular complexity index is 847. The van der Waals surface area contributed by atoms with Crippen molar-refractivity contribution in [3.63, 3.8) is 0 Å². The lowest BCUT2D eigenvalue weighted by atomic mass is 9.89. The maximum absolute atomic E-state index is 12.8. The third-order valence-electron chi connectivity index (χ3n) is 11.5. The molecule has 7 heteroatoms. The van der Waals surface area contributed by atoms with E-state index in [0.717, 1.165) is 77.3 Å². The lowest BCUT2D eigenvalue weighted by Gasteiger charge is -2.21. The average molecular weight is 765 g/mol. The molecule has 2 atom stereocenters. The Morgan fingerprint density at radius 3 is 1.22 bits per heavy atom. The normalized spacial score (nSPS) is 13.6. The van der Waals surface area contributed by atoms with Crippen molar-refractivity contribution in [2.45, 2.75) is 216 Å². The third-order valence-corrected chi connectivity index (χ3v) is 11.5. The van der Waals surface area contributed by atoms with Crippen molar-refractivity contribution in [2.75, 3.05) is 33.4 Å². The molecule has 0 aliphatic heterocycles. The number of amides is 1. The second-order valence-corrected chi connectivity index (χ2v) is 18.3. The van der Waals surface area contributed by atoms with E-state index in [4.69, 9.17) is 9.47 Å². The molecule has 0 saturated carbocycles. The van der Waals surface area contributed by atoms with E-state index >= 15 is 0 Å². The maximum atomic E-state index is 12.8. The van der Waals surface area contributed by atoms with E-state index in [1.165, 1.54) is 64.2 Å². The largest absolute Gasteiger partial charge is 0.465 e. The van der Waals surface area contributed by atoms with Crippen molar-refractivity contribution in [2.24, 2.45) is 35.5 Å². The Morgan fingerprint density at radius 2 is 0.870 bits per heavy atom. The zero-order chi connectivity index (χ0) is 40.6. The number of carbonyl (C=O) groups excluding carboxylic acids is 3. The Hall–Kier alpha value is -1.63. The van der Waals surface area contributed by atoms with Crippen LogP contribution in [0.25, 0.3) is 0 Å². The zero-order valence-corrected chi connectivity index (χ0v) is 37.6. The van der Waals surface area contributed by atoms with Crippen molar-refractivity contribution >= 4 is 17.8 Å². The Kier molecular flexibility index (Phi) is 33.6. The van der Waals surface area contributed by atoms with Gasteiger partial charge in [-0.2, -0.15) is 0 Å². The fourth-order valence-corrected chi connectivity index (χ4v) is 6.98. The van der Waals surface area contributed by atoms with Gasteiger partial charge in [0.15, 0.2) is 0 Å². The van der Waals surface area contributed by atoms with Gasteiger partial charge in [-0.05, 0) is 87.6 Å². The van der Waals surface area contributed by atoms with Gasteiger partial charge in [-0.15, -0.1) is 0 Å². The number of ether oxygens (including phenoxy) is 2. The first-order chi connectivity index (χ1) is 25.7. The van der Waals surface area contributed by atoms with Gasteiger partial charge >= 0.3 is 11.9 Å². The minimum absolute atomic E-state index is 0.0310. The number of nitrogens with one attached hydrogen (secondary N) is 1. The monoisotopic (exact) mass is 765 g/mol. The number of hydrogen-bond acceptors (Lipinski definition) is 6. The molecule has 320 valence electrons. The lowest BCUT2D eigenvalue weighted by molar-refractivity contribution is -0.146. The first-order valence-corrected chi connectivity index (χ1v) is 23.0. The second-order valence-electron chi connectivity index (χ2n) is 18.3. The molecule has 2 unspecified atom stereocenters. The van der Waals surface area contributed by atoms with Crippen LogP contribution in [-0.2, 0) is 23.9 Å². The molecule has 0 heterocycles. The highest BCUT2D eigenvalue weighted by Crippen LogP contribution is 2.22. The van der Waals surface area contributed by atoms with E-state index in [2.05, 4.69) is 79.6 Å². The van der Waals surface area contributed by atoms with Gasteiger partial charge in [0, 0.05) is 31.8 Å². The Morgan fingerprint density at radius 1 is 0.500 bits per heavy atom. The smallest absolute Gasteiger partial charge is 0.305 e. The minimum Gasteiger partial charge on any atom is -0.465 e. The first-order valence-electron chi connectivity index (χ1n) is 23.0. The molecule has 0 aromatic heterocycles. The number of unbranched alkanes of at least 4 members (excludes halogenated alkanes) is 12. The molecular formula is C47H92N2O5. The number of nitrogens with zero attached hydrogens (tertiary/aromatic N) is 1. The summed E-state index contributed by atoms with van der Waals surface area (Å²) in [6.07, 6.45) is 24.3. The van der Waals surface area contributed by atoms with Crippen molar-refractivity contribution < 1.29 is 23.9 Å². The molecule has 0 aromatic rings. The lowest BCUT2D eigenvalue weighted by Crippen LogP contribution is -2.36. The molecule has 0 aliphatic carbocycles. The fraction of sp³-hybridized carbons (Fsp3) is 0.936. The van der Waals surface area contributed by atoms with Crippen LogP contribution in [0.1, 0.15) is 210 Å². The van der Waals surface area contributed by atoms with Crippen molar-refractivity contribution in [3.8, 4) is 0 Å². The molecule has 0 spiro atoms. The average Bonchev–Trinajstić information content (AvgIpc) is 3.11. The molecule has 0 rings (SSSR count). The standard InChI is InChI=1S/C47H92N2O5/c1-11-49(10)35-34-45(50)48-44(26-22-18-14-12-16-20-24-28-46(51)53-36-42(40(6)7)32-30-38(2)3)27-23-19-15-13-17-21-25-29-47(52)54-37-43(41(8)9)33-31-39(4)5/h38-44H,11-37H2,1-10H3,(H,48,50). The first kappa shape index (κ1) is 52.4. The minimum atomic E-state index is -0.0310. The van der Waals surface area contributed by atoms with Gasteiger partial charge in [0.25, 0.3) is 0 Å². The van der Waals surface area contributed by atoms with Gasteiger partial charge in [-0.3, -0.25) is 14.4 Å². The highest BCUT2D eigenvalue weighted by atomic mass is 16.5. The Labute approximate surface area is 336 Å². The summed E-state index contributed by atoms with van der Waals surface area (Å²) in [4.78, 5) is 39.6. The molecule has 1 amide bonds. The molecule has 0 bridgehead atoms. The van der Waals surface area contributed by atoms with Crippen molar-refractivity contribution in [3.05, 3.63) is 0 Å². The number of carbonyl (C=O) groups is 3. The van der Waals surface area contributed by atoms with Crippen LogP contribution in [0.2, 0.25) is 0 Å². The summed E-state index contributed by atoms with van der Waals surface area (Å²) in [7, 11) is 2.07. The quantitative estimate of drug-likeness (QED) is 0.0501. The molecule has 0 fully saturated rings. The highest BCUT2D eigenvalue weighted by Gasteiger charge is 2.18. The summed E-state index contributed by atoms with van der Waals surface area (Å²) in [6.45, 7) is 23.0. The van der Waals surface area contributed by atoms with E-state index < -0.39 is 0 Å². The summed E-state index contributed by atoms with van der Waals surface area (Å²) >= 11 is 0. The molecule has 7 nitrogen and oxygen atoms in total. The number of rotatable bonds is 37. The molecule has 0 aliphatic rings. The second kappa shape index (κ2) is 34.6. The van der Waals surface area contributed by atoms with E-state index in [1.54, 1.807) is 0 Å². The summed E-state index contributed by atoms with van der Waals surface area (Å²) in [5.74, 6) is 3.51. The van der Waals surface area contributed by atoms with Crippen LogP contribution in [0.3, 0.4) is 0 Å².